The lowest BCUT2D eigenvalue weighted by Crippen LogP contribution is -2.45. The molecular formula is C25H25FN4O3S. The predicted molar refractivity (Wildman–Crippen MR) is 129 cm³/mol. The first kappa shape index (κ1) is 22.6. The lowest BCUT2D eigenvalue weighted by Gasteiger charge is -2.30. The van der Waals surface area contributed by atoms with E-state index in [-0.39, 0.29) is 42.4 Å². The fraction of sp³-hybridized carbons (Fsp3) is 0.320. The molecule has 1 saturated heterocycles. The van der Waals surface area contributed by atoms with E-state index in [4.69, 9.17) is 0 Å². The number of hydrogen-bond acceptors (Lipinski definition) is 6. The molecule has 0 aliphatic carbocycles. The molecule has 2 aliphatic rings. The Hall–Kier alpha value is -3.14. The second-order valence-corrected chi connectivity index (χ2v) is 9.51. The first-order valence-corrected chi connectivity index (χ1v) is 12.1. The Labute approximate surface area is 200 Å². The summed E-state index contributed by atoms with van der Waals surface area (Å²) in [5, 5.41) is 15.5. The van der Waals surface area contributed by atoms with E-state index >= 15 is 0 Å². The van der Waals surface area contributed by atoms with Gasteiger partial charge in [-0.15, -0.1) is 11.3 Å². The number of carbonyl (C=O) groups excluding carboxylic acids is 1. The highest BCUT2D eigenvalue weighted by molar-refractivity contribution is 7.13. The Balaban J connectivity index is 1.59. The largest absolute Gasteiger partial charge is 0.396 e. The summed E-state index contributed by atoms with van der Waals surface area (Å²) in [6.45, 7) is 2.19. The van der Waals surface area contributed by atoms with Gasteiger partial charge in [-0.2, -0.15) is 0 Å². The van der Waals surface area contributed by atoms with Crippen LogP contribution in [0.2, 0.25) is 0 Å². The smallest absolute Gasteiger partial charge is 0.258 e. The van der Waals surface area contributed by atoms with Crippen LogP contribution in [0.25, 0.3) is 6.08 Å². The number of aromatic nitrogens is 2. The van der Waals surface area contributed by atoms with Crippen molar-refractivity contribution in [3.8, 4) is 0 Å². The molecule has 2 aromatic heterocycles. The molecule has 1 amide bonds. The summed E-state index contributed by atoms with van der Waals surface area (Å²) in [5.41, 5.74) is 1.72. The van der Waals surface area contributed by atoms with E-state index in [1.165, 1.54) is 17.4 Å². The number of rotatable bonds is 6. The molecule has 7 nitrogen and oxygen atoms in total. The number of thiazole rings is 1. The van der Waals surface area contributed by atoms with Crippen molar-refractivity contribution in [3.05, 3.63) is 87.0 Å². The number of allylic oxidation sites excluding steroid dienone is 1. The molecule has 2 aliphatic heterocycles. The van der Waals surface area contributed by atoms with Crippen LogP contribution in [-0.4, -0.2) is 38.1 Å². The number of hydrogen-bond donors (Lipinski definition) is 2. The van der Waals surface area contributed by atoms with Gasteiger partial charge in [0.15, 0.2) is 5.13 Å². The van der Waals surface area contributed by atoms with E-state index in [0.29, 0.717) is 22.8 Å². The predicted octanol–water partition coefficient (Wildman–Crippen LogP) is 3.28. The summed E-state index contributed by atoms with van der Waals surface area (Å²) in [7, 11) is 0. The summed E-state index contributed by atoms with van der Waals surface area (Å²) < 4.78 is 16.4. The summed E-state index contributed by atoms with van der Waals surface area (Å²) in [5.74, 6) is -1.25. The maximum atomic E-state index is 14.6. The summed E-state index contributed by atoms with van der Waals surface area (Å²) >= 11 is 1.31. The number of nitrogens with zero attached hydrogens (tertiary/aromatic N) is 3. The van der Waals surface area contributed by atoms with Crippen LogP contribution in [0.5, 0.6) is 0 Å². The summed E-state index contributed by atoms with van der Waals surface area (Å²) in [6.07, 6.45) is 5.20. The third-order valence-corrected chi connectivity index (χ3v) is 7.50. The third kappa shape index (κ3) is 3.79. The van der Waals surface area contributed by atoms with Gasteiger partial charge in [-0.05, 0) is 25.1 Å². The fourth-order valence-corrected chi connectivity index (χ4v) is 5.93. The van der Waals surface area contributed by atoms with Gasteiger partial charge in [-0.1, -0.05) is 30.4 Å². The average molecular weight is 481 g/mol. The highest BCUT2D eigenvalue weighted by atomic mass is 32.1. The lowest BCUT2D eigenvalue weighted by atomic mass is 9.88. The van der Waals surface area contributed by atoms with Crippen LogP contribution in [0.1, 0.15) is 29.8 Å². The molecule has 3 aromatic rings. The van der Waals surface area contributed by atoms with Gasteiger partial charge in [-0.25, -0.2) is 9.37 Å². The number of pyridine rings is 1. The van der Waals surface area contributed by atoms with Crippen molar-refractivity contribution in [1.82, 2.24) is 14.5 Å². The van der Waals surface area contributed by atoms with Gasteiger partial charge in [0.2, 0.25) is 5.91 Å². The van der Waals surface area contributed by atoms with Crippen LogP contribution < -0.4 is 10.9 Å². The van der Waals surface area contributed by atoms with E-state index in [2.05, 4.69) is 10.3 Å². The molecule has 0 saturated carbocycles. The van der Waals surface area contributed by atoms with Crippen LogP contribution in [0.4, 0.5) is 9.52 Å². The van der Waals surface area contributed by atoms with Crippen LogP contribution in [0.15, 0.2) is 58.8 Å². The third-order valence-electron chi connectivity index (χ3n) is 6.81. The SMILES string of the molecule is C/C=C/c1ccc2n(c1=O)C[C@@H]1[C@@H](CO)[C@H](C(=O)Nc3nccs3)N(Cc3ccccc3F)[C@H]21. The lowest BCUT2D eigenvalue weighted by molar-refractivity contribution is -0.122. The van der Waals surface area contributed by atoms with Crippen molar-refractivity contribution in [3.63, 3.8) is 0 Å². The quantitative estimate of drug-likeness (QED) is 0.566. The van der Waals surface area contributed by atoms with E-state index in [1.807, 2.05) is 24.0 Å². The molecule has 1 aromatic carbocycles. The maximum Gasteiger partial charge on any atom is 0.258 e. The van der Waals surface area contributed by atoms with Crippen molar-refractivity contribution in [2.75, 3.05) is 11.9 Å². The molecule has 0 radical (unpaired) electrons. The molecule has 2 N–H and O–H groups in total. The van der Waals surface area contributed by atoms with Gasteiger partial charge < -0.3 is 15.0 Å². The number of nitrogens with one attached hydrogen (secondary N) is 1. The molecule has 0 spiro atoms. The maximum absolute atomic E-state index is 14.6. The first-order valence-electron chi connectivity index (χ1n) is 11.2. The highest BCUT2D eigenvalue weighted by Gasteiger charge is 2.55. The Bertz CT molecular complexity index is 1290. The molecule has 5 rings (SSSR count). The topological polar surface area (TPSA) is 87.5 Å². The van der Waals surface area contributed by atoms with Crippen molar-refractivity contribution >= 4 is 28.5 Å². The first-order chi connectivity index (χ1) is 16.5. The van der Waals surface area contributed by atoms with Crippen LogP contribution >= 0.6 is 11.3 Å². The molecule has 176 valence electrons. The van der Waals surface area contributed by atoms with Crippen LogP contribution in [0, 0.1) is 17.7 Å². The van der Waals surface area contributed by atoms with Gasteiger partial charge in [0.25, 0.3) is 5.56 Å². The van der Waals surface area contributed by atoms with Crippen molar-refractivity contribution in [2.45, 2.75) is 32.1 Å². The van der Waals surface area contributed by atoms with Crippen molar-refractivity contribution in [1.29, 1.82) is 0 Å². The monoisotopic (exact) mass is 480 g/mol. The Kier molecular flexibility index (Phi) is 6.16. The summed E-state index contributed by atoms with van der Waals surface area (Å²) in [6, 6.07) is 9.16. The normalized spacial score (nSPS) is 23.9. The number of anilines is 1. The summed E-state index contributed by atoms with van der Waals surface area (Å²) in [4.78, 5) is 32.6. The van der Waals surface area contributed by atoms with E-state index < -0.39 is 12.0 Å². The van der Waals surface area contributed by atoms with Crippen LogP contribution in [0.3, 0.4) is 0 Å². The number of aliphatic hydroxyl groups is 1. The number of aliphatic hydroxyl groups excluding tert-OH is 1. The van der Waals surface area contributed by atoms with E-state index in [1.54, 1.807) is 46.5 Å². The number of halogens is 1. The Morgan fingerprint density at radius 2 is 2.15 bits per heavy atom. The van der Waals surface area contributed by atoms with Crippen molar-refractivity contribution < 1.29 is 14.3 Å². The molecule has 1 fully saturated rings. The zero-order chi connectivity index (χ0) is 23.8. The minimum absolute atomic E-state index is 0.101. The van der Waals surface area contributed by atoms with Gasteiger partial charge in [0.05, 0.1) is 12.1 Å². The minimum Gasteiger partial charge on any atom is -0.396 e. The van der Waals surface area contributed by atoms with Crippen LogP contribution in [-0.2, 0) is 17.9 Å². The van der Waals surface area contributed by atoms with E-state index in [9.17, 15) is 19.1 Å². The average Bonchev–Trinajstić information content (AvgIpc) is 3.53. The van der Waals surface area contributed by atoms with Gasteiger partial charge in [-0.3, -0.25) is 14.5 Å². The zero-order valence-corrected chi connectivity index (χ0v) is 19.4. The second kappa shape index (κ2) is 9.25. The van der Waals surface area contributed by atoms with Gasteiger partial charge in [0.1, 0.15) is 5.82 Å². The molecule has 0 unspecified atom stereocenters. The standard InChI is InChI=1S/C25H25FN4O3S/c1-2-5-15-8-9-20-21-17(13-29(20)24(15)33)18(14-31)22(23(32)28-25-27-10-11-34-25)30(21)12-16-6-3-4-7-19(16)26/h2-11,17-18,21-22,31H,12-14H2,1H3,(H,27,28,32)/b5-2+/t17-,18-,21+,22-/m1/s1. The van der Waals surface area contributed by atoms with Crippen molar-refractivity contribution in [2.24, 2.45) is 11.8 Å². The van der Waals surface area contributed by atoms with Gasteiger partial charge in [0, 0.05) is 59.9 Å². The molecule has 0 bridgehead atoms. The number of benzene rings is 1. The molecule has 34 heavy (non-hydrogen) atoms. The molecule has 4 atom stereocenters. The molecular weight excluding hydrogens is 455 g/mol. The Morgan fingerprint density at radius 3 is 2.85 bits per heavy atom. The molecule has 4 heterocycles. The van der Waals surface area contributed by atoms with E-state index in [0.717, 1.165) is 5.69 Å². The number of likely N-dealkylation sites (tertiary alicyclic amines) is 1. The number of amides is 1. The van der Waals surface area contributed by atoms with Gasteiger partial charge >= 0.3 is 0 Å². The molecule has 9 heteroatoms. The highest BCUT2D eigenvalue weighted by Crippen LogP contribution is 2.50. The second-order valence-electron chi connectivity index (χ2n) is 8.62. The fourth-order valence-electron chi connectivity index (χ4n) is 5.40. The minimum atomic E-state index is -0.706. The number of carbonyl (C=O) groups is 1. The zero-order valence-electron chi connectivity index (χ0n) is 18.6. The number of fused-ring (bicyclic) bond motifs is 3. The Morgan fingerprint density at radius 1 is 1.32 bits per heavy atom.